The molecule has 30 heavy (non-hydrogen) atoms. The van der Waals surface area contributed by atoms with Crippen molar-refractivity contribution in [3.8, 4) is 0 Å². The lowest BCUT2D eigenvalue weighted by molar-refractivity contribution is -0.384. The summed E-state index contributed by atoms with van der Waals surface area (Å²) in [5, 5.41) is 20.3. The van der Waals surface area contributed by atoms with Crippen molar-refractivity contribution in [2.75, 3.05) is 17.4 Å². The van der Waals surface area contributed by atoms with Crippen molar-refractivity contribution in [1.82, 2.24) is 0 Å². The first-order chi connectivity index (χ1) is 14.3. The highest BCUT2D eigenvalue weighted by Gasteiger charge is 2.18. The quantitative estimate of drug-likeness (QED) is 0.339. The Hall–Kier alpha value is -3.76. The molecule has 10 heteroatoms. The summed E-state index contributed by atoms with van der Waals surface area (Å²) in [7, 11) is -2.08. The van der Waals surface area contributed by atoms with Crippen LogP contribution in [-0.4, -0.2) is 26.6 Å². The Balaban J connectivity index is 1.73. The molecule has 0 unspecified atom stereocenters. The molecule has 0 aliphatic carbocycles. The molecule has 9 nitrogen and oxygen atoms in total. The van der Waals surface area contributed by atoms with Crippen molar-refractivity contribution in [3.63, 3.8) is 0 Å². The minimum absolute atomic E-state index is 0.0454. The Morgan fingerprint density at radius 2 is 1.67 bits per heavy atom. The van der Waals surface area contributed by atoms with Gasteiger partial charge in [-0.05, 0) is 42.0 Å². The van der Waals surface area contributed by atoms with Crippen LogP contribution in [-0.2, 0) is 10.0 Å². The van der Waals surface area contributed by atoms with Gasteiger partial charge in [-0.2, -0.15) is 5.10 Å². The highest BCUT2D eigenvalue weighted by atomic mass is 32.2. The van der Waals surface area contributed by atoms with Gasteiger partial charge in [-0.25, -0.2) is 13.6 Å². The second-order valence-corrected chi connectivity index (χ2v) is 7.90. The average Bonchev–Trinajstić information content (AvgIpc) is 2.73. The molecule has 0 fully saturated rings. The lowest BCUT2D eigenvalue weighted by atomic mass is 10.2. The number of primary sulfonamides is 1. The van der Waals surface area contributed by atoms with Crippen LogP contribution in [0.25, 0.3) is 0 Å². The third kappa shape index (κ3) is 4.99. The van der Waals surface area contributed by atoms with Crippen LogP contribution in [0.5, 0.6) is 0 Å². The maximum absolute atomic E-state index is 11.4. The molecule has 0 spiro atoms. The van der Waals surface area contributed by atoms with Gasteiger partial charge in [0.1, 0.15) is 5.69 Å². The van der Waals surface area contributed by atoms with E-state index in [4.69, 9.17) is 5.14 Å². The van der Waals surface area contributed by atoms with Gasteiger partial charge in [0.2, 0.25) is 10.0 Å². The number of sulfonamides is 1. The molecule has 0 aliphatic heterocycles. The molecule has 0 aromatic heterocycles. The van der Waals surface area contributed by atoms with Crippen LogP contribution in [0.3, 0.4) is 0 Å². The summed E-state index contributed by atoms with van der Waals surface area (Å²) in [5.41, 5.74) is 4.98. The minimum Gasteiger partial charge on any atom is -0.345 e. The number of anilines is 3. The fourth-order valence-corrected chi connectivity index (χ4v) is 3.23. The summed E-state index contributed by atoms with van der Waals surface area (Å²) < 4.78 is 22.8. The number of nitrogens with zero attached hydrogens (tertiary/aromatic N) is 3. The van der Waals surface area contributed by atoms with Crippen LogP contribution in [0.2, 0.25) is 0 Å². The summed E-state index contributed by atoms with van der Waals surface area (Å²) in [5.74, 6) is 0. The Morgan fingerprint density at radius 1 is 1.03 bits per heavy atom. The van der Waals surface area contributed by atoms with Crippen molar-refractivity contribution in [2.45, 2.75) is 4.90 Å². The second-order valence-electron chi connectivity index (χ2n) is 6.34. The van der Waals surface area contributed by atoms with Crippen molar-refractivity contribution in [1.29, 1.82) is 0 Å². The second kappa shape index (κ2) is 8.72. The van der Waals surface area contributed by atoms with Gasteiger partial charge < -0.3 is 4.90 Å². The van der Waals surface area contributed by atoms with Gasteiger partial charge in [-0.1, -0.05) is 30.3 Å². The predicted octanol–water partition coefficient (Wildman–Crippen LogP) is 3.46. The average molecular weight is 425 g/mol. The number of rotatable bonds is 7. The van der Waals surface area contributed by atoms with Gasteiger partial charge in [0.05, 0.1) is 16.0 Å². The molecule has 0 heterocycles. The van der Waals surface area contributed by atoms with Crippen LogP contribution in [0.15, 0.2) is 82.8 Å². The van der Waals surface area contributed by atoms with Crippen LogP contribution >= 0.6 is 0 Å². The molecule has 3 aromatic rings. The summed E-state index contributed by atoms with van der Waals surface area (Å²) in [6.07, 6.45) is 1.50. The van der Waals surface area contributed by atoms with E-state index in [0.717, 1.165) is 23.0 Å². The number of nitro benzene ring substituents is 1. The summed E-state index contributed by atoms with van der Waals surface area (Å²) in [6, 6.07) is 20.8. The summed E-state index contributed by atoms with van der Waals surface area (Å²) in [4.78, 5) is 12.2. The van der Waals surface area contributed by atoms with Crippen LogP contribution in [0, 0.1) is 10.1 Å². The third-order valence-electron chi connectivity index (χ3n) is 4.32. The predicted molar refractivity (Wildman–Crippen MR) is 117 cm³/mol. The molecule has 0 amide bonds. The van der Waals surface area contributed by atoms with Gasteiger partial charge in [0.25, 0.3) is 5.69 Å². The monoisotopic (exact) mass is 425 g/mol. The van der Waals surface area contributed by atoms with E-state index in [9.17, 15) is 18.5 Å². The summed E-state index contributed by atoms with van der Waals surface area (Å²) >= 11 is 0. The normalized spacial score (nSPS) is 11.4. The van der Waals surface area contributed by atoms with E-state index in [0.29, 0.717) is 0 Å². The first-order valence-corrected chi connectivity index (χ1v) is 10.3. The first kappa shape index (κ1) is 21.0. The number of hydrazone groups is 1. The number of nitrogens with two attached hydrogens (primary N) is 1. The molecule has 154 valence electrons. The van der Waals surface area contributed by atoms with Gasteiger partial charge in [-0.3, -0.25) is 15.5 Å². The minimum atomic E-state index is -4.05. The van der Waals surface area contributed by atoms with Crippen molar-refractivity contribution >= 4 is 39.0 Å². The maximum Gasteiger partial charge on any atom is 0.295 e. The Bertz CT molecular complexity index is 1180. The van der Waals surface area contributed by atoms with E-state index in [2.05, 4.69) is 10.5 Å². The van der Waals surface area contributed by atoms with Crippen LogP contribution in [0.1, 0.15) is 5.56 Å². The van der Waals surface area contributed by atoms with Gasteiger partial charge in [-0.15, -0.1) is 0 Å². The van der Waals surface area contributed by atoms with Gasteiger partial charge >= 0.3 is 0 Å². The molecule has 0 aliphatic rings. The molecular formula is C20H19N5O4S. The topological polar surface area (TPSA) is 131 Å². The fourth-order valence-electron chi connectivity index (χ4n) is 2.70. The Labute approximate surface area is 173 Å². The molecule has 0 saturated heterocycles. The Morgan fingerprint density at radius 3 is 2.27 bits per heavy atom. The van der Waals surface area contributed by atoms with Crippen LogP contribution < -0.4 is 15.5 Å². The van der Waals surface area contributed by atoms with E-state index in [1.807, 2.05) is 66.5 Å². The zero-order valence-corrected chi connectivity index (χ0v) is 16.8. The highest BCUT2D eigenvalue weighted by molar-refractivity contribution is 7.89. The largest absolute Gasteiger partial charge is 0.345 e. The van der Waals surface area contributed by atoms with Crippen molar-refractivity contribution in [3.05, 3.63) is 88.5 Å². The SMILES string of the molecule is CN(c1ccccc1)c1ccc(/C=N\Nc2ccc(S(N)(=O)=O)cc2[N+](=O)[O-])cc1. The smallest absolute Gasteiger partial charge is 0.295 e. The van der Waals surface area contributed by atoms with E-state index in [1.165, 1.54) is 18.3 Å². The number of para-hydroxylation sites is 1. The number of hydrogen-bond donors (Lipinski definition) is 2. The van der Waals surface area contributed by atoms with Crippen molar-refractivity contribution < 1.29 is 13.3 Å². The first-order valence-electron chi connectivity index (χ1n) is 8.75. The molecule has 3 N–H and O–H groups in total. The molecule has 0 saturated carbocycles. The highest BCUT2D eigenvalue weighted by Crippen LogP contribution is 2.27. The maximum atomic E-state index is 11.4. The fraction of sp³-hybridized carbons (Fsp3) is 0.0500. The number of hydrogen-bond acceptors (Lipinski definition) is 7. The molecule has 3 aromatic carbocycles. The van der Waals surface area contributed by atoms with E-state index >= 15 is 0 Å². The van der Waals surface area contributed by atoms with Gasteiger partial charge in [0, 0.05) is 24.5 Å². The van der Waals surface area contributed by atoms with E-state index in [1.54, 1.807) is 0 Å². The number of nitrogens with one attached hydrogen (secondary N) is 1. The number of benzene rings is 3. The van der Waals surface area contributed by atoms with Crippen molar-refractivity contribution in [2.24, 2.45) is 10.2 Å². The van der Waals surface area contributed by atoms with E-state index in [-0.39, 0.29) is 10.6 Å². The van der Waals surface area contributed by atoms with Crippen LogP contribution in [0.4, 0.5) is 22.7 Å². The third-order valence-corrected chi connectivity index (χ3v) is 5.23. The Kier molecular flexibility index (Phi) is 6.09. The number of nitro groups is 1. The molecule has 3 rings (SSSR count). The molecular weight excluding hydrogens is 406 g/mol. The zero-order chi connectivity index (χ0) is 21.7. The van der Waals surface area contributed by atoms with Gasteiger partial charge in [0.15, 0.2) is 0 Å². The molecule has 0 radical (unpaired) electrons. The summed E-state index contributed by atoms with van der Waals surface area (Å²) in [6.45, 7) is 0. The lowest BCUT2D eigenvalue weighted by Crippen LogP contribution is -2.12. The lowest BCUT2D eigenvalue weighted by Gasteiger charge is -2.19. The standard InChI is InChI=1S/C20H19N5O4S/c1-24(16-5-3-2-4-6-16)17-9-7-15(8-10-17)14-22-23-19-12-11-18(30(21,28)29)13-20(19)25(26)27/h2-14,23H,1H3,(H2,21,28,29)/b22-14-. The van der Waals surface area contributed by atoms with E-state index < -0.39 is 20.6 Å². The molecule has 0 bridgehead atoms. The zero-order valence-electron chi connectivity index (χ0n) is 16.0. The molecule has 0 atom stereocenters.